The van der Waals surface area contributed by atoms with Gasteiger partial charge in [0.15, 0.2) is 0 Å². The number of nitrogens with one attached hydrogen (secondary N) is 1. The summed E-state index contributed by atoms with van der Waals surface area (Å²) < 4.78 is 24.5. The van der Waals surface area contributed by atoms with Crippen LogP contribution in [0.5, 0.6) is 0 Å². The van der Waals surface area contributed by atoms with Gasteiger partial charge in [-0.05, 0) is 185 Å². The topological polar surface area (TPSA) is 145 Å². The van der Waals surface area contributed by atoms with E-state index in [1.807, 2.05) is 76.2 Å². The van der Waals surface area contributed by atoms with Crippen molar-refractivity contribution in [3.05, 3.63) is 178 Å². The summed E-state index contributed by atoms with van der Waals surface area (Å²) in [6, 6.07) is 41.7. The van der Waals surface area contributed by atoms with E-state index in [1.54, 1.807) is 24.3 Å². The van der Waals surface area contributed by atoms with Gasteiger partial charge in [-0.15, -0.1) is 0 Å². The number of carbonyl (C=O) groups excluding carboxylic acids is 5. The first-order valence-corrected chi connectivity index (χ1v) is 29.3. The Morgan fingerprint density at radius 2 is 1.06 bits per heavy atom. The lowest BCUT2D eigenvalue weighted by molar-refractivity contribution is -0.137. The minimum atomic E-state index is -0.550. The van der Waals surface area contributed by atoms with Crippen LogP contribution in [0.3, 0.4) is 0 Å². The van der Waals surface area contributed by atoms with E-state index in [1.165, 1.54) is 23.3 Å². The zero-order valence-corrected chi connectivity index (χ0v) is 49.4. The maximum atomic E-state index is 14.5. The minimum absolute atomic E-state index is 0.0203. The highest BCUT2D eigenvalue weighted by Crippen LogP contribution is 2.49. The van der Waals surface area contributed by atoms with Gasteiger partial charge < -0.3 is 20.1 Å². The lowest BCUT2D eigenvalue weighted by Gasteiger charge is -2.47. The number of benzene rings is 5. The minimum Gasteiger partial charge on any atom is -0.459 e. The van der Waals surface area contributed by atoms with Gasteiger partial charge in [0, 0.05) is 19.3 Å². The van der Waals surface area contributed by atoms with Crippen LogP contribution < -0.4 is 11.1 Å². The highest BCUT2D eigenvalue weighted by atomic mass is 19.1. The van der Waals surface area contributed by atoms with Crippen LogP contribution >= 0.6 is 0 Å². The molecule has 1 heterocycles. The fourth-order valence-electron chi connectivity index (χ4n) is 11.3. The molecule has 0 radical (unpaired) electrons. The SMILES string of the molecule is CC(C)OC(=O)c1ccc([C@@H](CCC(C)(C)C)CC(=O)CN)cc1.CC(C)OC(=O)c1ccc([C@@H](CCC(C)(C)C)N2C(=O)C(c3ccc(F)cc3)NC23CCC(c2ccccc2)CC3)cc1.O=C1CCC(c2ccccc2)CC1. The molecule has 2 aliphatic carbocycles. The van der Waals surface area contributed by atoms with Crippen LogP contribution in [-0.2, 0) is 23.9 Å². The average Bonchev–Trinajstić information content (AvgIpc) is 3.99. The summed E-state index contributed by atoms with van der Waals surface area (Å²) in [5, 5.41) is 3.79. The van der Waals surface area contributed by atoms with Crippen molar-refractivity contribution in [1.29, 1.82) is 0 Å². The second kappa shape index (κ2) is 28.9. The Bertz CT molecular complexity index is 2750. The number of carbonyl (C=O) groups is 5. The van der Waals surface area contributed by atoms with Gasteiger partial charge in [-0.25, -0.2) is 14.0 Å². The molecule has 1 aliphatic heterocycles. The maximum Gasteiger partial charge on any atom is 0.338 e. The van der Waals surface area contributed by atoms with Gasteiger partial charge in [-0.3, -0.25) is 19.7 Å². The highest BCUT2D eigenvalue weighted by Gasteiger charge is 2.54. The van der Waals surface area contributed by atoms with Crippen molar-refractivity contribution >= 4 is 29.4 Å². The number of nitrogens with zero attached hydrogens (tertiary/aromatic N) is 1. The number of rotatable bonds is 17. The van der Waals surface area contributed by atoms with Crippen LogP contribution in [0, 0.1) is 16.6 Å². The molecule has 80 heavy (non-hydrogen) atoms. The molecule has 1 amide bonds. The number of ketones is 2. The molecule has 0 aromatic heterocycles. The van der Waals surface area contributed by atoms with Crippen LogP contribution in [0.15, 0.2) is 133 Å². The third kappa shape index (κ3) is 18.6. The Morgan fingerprint density at radius 1 is 0.613 bits per heavy atom. The molecule has 11 heteroatoms. The van der Waals surface area contributed by atoms with E-state index in [0.29, 0.717) is 35.2 Å². The smallest absolute Gasteiger partial charge is 0.338 e. The monoisotopic (exact) mass is 1090 g/mol. The van der Waals surface area contributed by atoms with E-state index >= 15 is 0 Å². The second-order valence-electron chi connectivity index (χ2n) is 25.3. The van der Waals surface area contributed by atoms with Crippen molar-refractivity contribution in [2.24, 2.45) is 16.6 Å². The van der Waals surface area contributed by atoms with Crippen LogP contribution in [0.1, 0.15) is 231 Å². The molecule has 430 valence electrons. The van der Waals surface area contributed by atoms with Gasteiger partial charge in [0.2, 0.25) is 5.91 Å². The molecule has 3 atom stereocenters. The van der Waals surface area contributed by atoms with Crippen LogP contribution in [0.2, 0.25) is 0 Å². The summed E-state index contributed by atoms with van der Waals surface area (Å²) >= 11 is 0. The zero-order valence-electron chi connectivity index (χ0n) is 49.4. The van der Waals surface area contributed by atoms with Crippen molar-refractivity contribution in [1.82, 2.24) is 10.2 Å². The molecule has 1 spiro atoms. The summed E-state index contributed by atoms with van der Waals surface area (Å²) in [5.74, 6) is 0.739. The van der Waals surface area contributed by atoms with Gasteiger partial charge in [0.1, 0.15) is 23.4 Å². The van der Waals surface area contributed by atoms with E-state index in [9.17, 15) is 28.4 Å². The number of ether oxygens (including phenoxy) is 2. The average molecular weight is 1090 g/mol. The first kappa shape index (κ1) is 62.9. The Hall–Kier alpha value is -6.30. The van der Waals surface area contributed by atoms with Gasteiger partial charge in [0.05, 0.1) is 41.6 Å². The lowest BCUT2D eigenvalue weighted by Crippen LogP contribution is -2.55. The van der Waals surface area contributed by atoms with E-state index in [2.05, 4.69) is 100 Å². The summed E-state index contributed by atoms with van der Waals surface area (Å²) in [4.78, 5) is 64.0. The number of nitrogens with two attached hydrogens (primary N) is 1. The first-order chi connectivity index (χ1) is 37.9. The van der Waals surface area contributed by atoms with E-state index in [4.69, 9.17) is 15.2 Å². The fourth-order valence-corrected chi connectivity index (χ4v) is 11.3. The summed E-state index contributed by atoms with van der Waals surface area (Å²) in [6.45, 7) is 20.7. The molecule has 1 saturated heterocycles. The van der Waals surface area contributed by atoms with Crippen LogP contribution in [-0.4, -0.2) is 58.7 Å². The number of Topliss-reactive ketones (excluding diaryl/α,β-unsaturated/α-hetero) is 2. The molecule has 3 N–H and O–H groups in total. The third-order valence-corrected chi connectivity index (χ3v) is 15.7. The molecule has 10 nitrogen and oxygen atoms in total. The molecular weight excluding hydrogens is 1000 g/mol. The fraction of sp³-hybridized carbons (Fsp3) is 0.493. The molecular formula is C69H90FN3O7. The van der Waals surface area contributed by atoms with E-state index in [-0.39, 0.29) is 71.0 Å². The molecule has 1 unspecified atom stereocenters. The van der Waals surface area contributed by atoms with E-state index < -0.39 is 11.7 Å². The van der Waals surface area contributed by atoms with Crippen LogP contribution in [0.4, 0.5) is 4.39 Å². The highest BCUT2D eigenvalue weighted by molar-refractivity contribution is 5.90. The number of esters is 2. The van der Waals surface area contributed by atoms with Crippen molar-refractivity contribution in [3.8, 4) is 0 Å². The van der Waals surface area contributed by atoms with Crippen molar-refractivity contribution in [2.45, 2.75) is 200 Å². The standard InChI is InChI=1S/C37H45FN2O3.C20H31NO3.C12H14O/c1-25(2)43-35(42)30-13-11-28(12-14-30)32(21-22-36(3,4)5)40-34(41)33(29-15-17-31(38)18-16-29)39-37(40)23-19-27(20-24-37)26-9-7-6-8-10-26;1-14(2)24-19(23)16-8-6-15(7-9-16)17(12-18(22)13-21)10-11-20(3,4)5;13-12-8-6-11(7-9-12)10-4-2-1-3-5-10/h6-18,25,27,32-33,39H,19-24H2,1-5H3;6-9,14,17H,10-13,21H2,1-5H3;1-5,11H,6-9H2/t27?,32-,33?,37?;17-;/m10./s1. The molecule has 5 aromatic rings. The Labute approximate surface area is 477 Å². The van der Waals surface area contributed by atoms with Gasteiger partial charge in [-0.1, -0.05) is 139 Å². The van der Waals surface area contributed by atoms with Crippen molar-refractivity contribution in [3.63, 3.8) is 0 Å². The Kier molecular flexibility index (Phi) is 22.7. The van der Waals surface area contributed by atoms with Gasteiger partial charge in [-0.2, -0.15) is 0 Å². The summed E-state index contributed by atoms with van der Waals surface area (Å²) in [5.41, 5.74) is 11.9. The van der Waals surface area contributed by atoms with E-state index in [0.717, 1.165) is 93.7 Å². The Balaban J connectivity index is 0.000000232. The zero-order chi connectivity index (χ0) is 58.2. The van der Waals surface area contributed by atoms with Gasteiger partial charge in [0.25, 0.3) is 0 Å². The summed E-state index contributed by atoms with van der Waals surface area (Å²) in [7, 11) is 0. The Morgan fingerprint density at radius 3 is 1.51 bits per heavy atom. The first-order valence-electron chi connectivity index (χ1n) is 29.3. The molecule has 8 rings (SSSR count). The molecule has 3 fully saturated rings. The third-order valence-electron chi connectivity index (χ3n) is 15.7. The molecule has 2 saturated carbocycles. The normalized spacial score (nSPS) is 19.4. The maximum absolute atomic E-state index is 14.5. The predicted molar refractivity (Wildman–Crippen MR) is 318 cm³/mol. The summed E-state index contributed by atoms with van der Waals surface area (Å²) in [6.07, 6.45) is 11.0. The molecule has 5 aromatic carbocycles. The van der Waals surface area contributed by atoms with Crippen molar-refractivity contribution in [2.75, 3.05) is 6.54 Å². The predicted octanol–water partition coefficient (Wildman–Crippen LogP) is 15.5. The number of hydrogen-bond acceptors (Lipinski definition) is 9. The second-order valence-corrected chi connectivity index (χ2v) is 25.3. The number of amides is 1. The number of hydrogen-bond donors (Lipinski definition) is 2. The lowest BCUT2D eigenvalue weighted by atomic mass is 9.77. The molecule has 3 aliphatic rings. The number of halogens is 1. The van der Waals surface area contributed by atoms with Gasteiger partial charge >= 0.3 is 11.9 Å². The molecule has 0 bridgehead atoms. The van der Waals surface area contributed by atoms with Crippen LogP contribution in [0.25, 0.3) is 0 Å². The van der Waals surface area contributed by atoms with Crippen molar-refractivity contribution < 1.29 is 37.8 Å². The largest absolute Gasteiger partial charge is 0.459 e. The quantitative estimate of drug-likeness (QED) is 0.0869.